The number of halogens is 1. The first-order valence-electron chi connectivity index (χ1n) is 6.52. The molecule has 2 amide bonds. The average molecular weight is 276 g/mol. The van der Waals surface area contributed by atoms with Crippen LogP contribution in [0.5, 0.6) is 0 Å². The maximum Gasteiger partial charge on any atom is 0.237 e. The second kappa shape index (κ2) is 6.95. The zero-order valence-corrected chi connectivity index (χ0v) is 11.6. The molecule has 2 atom stereocenters. The third-order valence-corrected chi connectivity index (χ3v) is 3.57. The third-order valence-electron chi connectivity index (χ3n) is 3.57. The molecule has 104 valence electrons. The molecule has 18 heavy (non-hydrogen) atoms. The molecule has 0 bridgehead atoms. The van der Waals surface area contributed by atoms with Gasteiger partial charge >= 0.3 is 0 Å². The van der Waals surface area contributed by atoms with Crippen molar-refractivity contribution < 1.29 is 9.59 Å². The molecule has 2 unspecified atom stereocenters. The average Bonchev–Trinajstić information content (AvgIpc) is 2.98. The fourth-order valence-corrected chi connectivity index (χ4v) is 2.54. The fraction of sp³-hybridized carbons (Fsp3) is 0.833. The normalized spacial score (nSPS) is 26.8. The predicted octanol–water partition coefficient (Wildman–Crippen LogP) is 0.287. The molecule has 2 saturated heterocycles. The molecule has 0 radical (unpaired) electrons. The van der Waals surface area contributed by atoms with Gasteiger partial charge in [0.25, 0.3) is 0 Å². The molecule has 2 fully saturated rings. The van der Waals surface area contributed by atoms with Crippen LogP contribution in [-0.4, -0.2) is 48.4 Å². The van der Waals surface area contributed by atoms with Gasteiger partial charge in [0.15, 0.2) is 0 Å². The number of likely N-dealkylation sites (tertiary alicyclic amines) is 1. The summed E-state index contributed by atoms with van der Waals surface area (Å²) in [5, 5.41) is 6.22. The van der Waals surface area contributed by atoms with Crippen LogP contribution in [0.15, 0.2) is 0 Å². The number of amides is 2. The highest BCUT2D eigenvalue weighted by Gasteiger charge is 2.29. The summed E-state index contributed by atoms with van der Waals surface area (Å²) < 4.78 is 0. The zero-order chi connectivity index (χ0) is 12.3. The molecule has 2 aliphatic rings. The van der Waals surface area contributed by atoms with Gasteiger partial charge in [0.1, 0.15) is 0 Å². The molecule has 2 N–H and O–H groups in total. The quantitative estimate of drug-likeness (QED) is 0.778. The van der Waals surface area contributed by atoms with E-state index in [9.17, 15) is 9.59 Å². The molecule has 0 spiro atoms. The minimum absolute atomic E-state index is 0. The first kappa shape index (κ1) is 15.2. The number of carbonyl (C=O) groups excluding carboxylic acids is 2. The number of carbonyl (C=O) groups is 2. The number of hydrogen-bond acceptors (Lipinski definition) is 3. The van der Waals surface area contributed by atoms with E-state index in [1.165, 1.54) is 0 Å². The minimum atomic E-state index is -0.0223. The minimum Gasteiger partial charge on any atom is -0.350 e. The van der Waals surface area contributed by atoms with E-state index in [2.05, 4.69) is 10.6 Å². The van der Waals surface area contributed by atoms with Crippen molar-refractivity contribution in [2.45, 2.75) is 44.7 Å². The molecule has 6 heteroatoms. The third kappa shape index (κ3) is 3.59. The molecule has 0 aromatic rings. The Morgan fingerprint density at radius 2 is 2.17 bits per heavy atom. The fourth-order valence-electron chi connectivity index (χ4n) is 2.54. The van der Waals surface area contributed by atoms with Gasteiger partial charge in [-0.25, -0.2) is 0 Å². The second-order valence-electron chi connectivity index (χ2n) is 4.84. The van der Waals surface area contributed by atoms with Crippen LogP contribution < -0.4 is 10.6 Å². The van der Waals surface area contributed by atoms with E-state index < -0.39 is 0 Å². The molecule has 0 aromatic heterocycles. The predicted molar refractivity (Wildman–Crippen MR) is 71.7 cm³/mol. The van der Waals surface area contributed by atoms with Crippen LogP contribution in [-0.2, 0) is 9.59 Å². The summed E-state index contributed by atoms with van der Waals surface area (Å²) in [5.41, 5.74) is 0. The largest absolute Gasteiger partial charge is 0.350 e. The Hall–Kier alpha value is -0.810. The van der Waals surface area contributed by atoms with Gasteiger partial charge < -0.3 is 15.5 Å². The van der Waals surface area contributed by atoms with E-state index in [4.69, 9.17) is 0 Å². The van der Waals surface area contributed by atoms with E-state index in [1.54, 1.807) is 0 Å². The number of hydrogen-bond donors (Lipinski definition) is 2. The van der Waals surface area contributed by atoms with Crippen LogP contribution >= 0.6 is 12.4 Å². The van der Waals surface area contributed by atoms with Crippen LogP contribution in [0.4, 0.5) is 0 Å². The van der Waals surface area contributed by atoms with E-state index in [0.717, 1.165) is 32.4 Å². The molecule has 2 aliphatic heterocycles. The summed E-state index contributed by atoms with van der Waals surface area (Å²) in [6.07, 6.45) is 3.43. The lowest BCUT2D eigenvalue weighted by Gasteiger charge is -2.18. The first-order chi connectivity index (χ1) is 8.20. The Morgan fingerprint density at radius 3 is 2.78 bits per heavy atom. The van der Waals surface area contributed by atoms with Crippen LogP contribution in [0.3, 0.4) is 0 Å². The van der Waals surface area contributed by atoms with Crippen molar-refractivity contribution in [3.8, 4) is 0 Å². The molecule has 0 aromatic carbocycles. The van der Waals surface area contributed by atoms with Gasteiger partial charge in [0.05, 0.1) is 6.04 Å². The molecule has 0 saturated carbocycles. The number of nitrogens with zero attached hydrogens (tertiary/aromatic N) is 1. The Kier molecular flexibility index (Phi) is 5.88. The highest BCUT2D eigenvalue weighted by Crippen LogP contribution is 2.12. The maximum atomic E-state index is 11.9. The Bertz CT molecular complexity index is 306. The van der Waals surface area contributed by atoms with Crippen molar-refractivity contribution in [2.75, 3.05) is 19.6 Å². The molecule has 2 heterocycles. The summed E-state index contributed by atoms with van der Waals surface area (Å²) in [4.78, 5) is 25.2. The van der Waals surface area contributed by atoms with E-state index in [-0.39, 0.29) is 36.3 Å². The van der Waals surface area contributed by atoms with Gasteiger partial charge in [0.2, 0.25) is 11.8 Å². The van der Waals surface area contributed by atoms with Crippen molar-refractivity contribution in [3.63, 3.8) is 0 Å². The molecule has 0 aliphatic carbocycles. The van der Waals surface area contributed by atoms with Gasteiger partial charge in [-0.2, -0.15) is 0 Å². The maximum absolute atomic E-state index is 11.9. The summed E-state index contributed by atoms with van der Waals surface area (Å²) in [6.45, 7) is 4.25. The Labute approximate surface area is 114 Å². The summed E-state index contributed by atoms with van der Waals surface area (Å²) in [6, 6.07) is 0.117. The molecule has 5 nitrogen and oxygen atoms in total. The Balaban J connectivity index is 0.00000162. The summed E-state index contributed by atoms with van der Waals surface area (Å²) >= 11 is 0. The van der Waals surface area contributed by atoms with E-state index in [1.807, 2.05) is 11.8 Å². The lowest BCUT2D eigenvalue weighted by Crippen LogP contribution is -2.46. The van der Waals surface area contributed by atoms with Crippen molar-refractivity contribution >= 4 is 24.2 Å². The van der Waals surface area contributed by atoms with Crippen LogP contribution in [0.25, 0.3) is 0 Å². The van der Waals surface area contributed by atoms with Crippen LogP contribution in [0, 0.1) is 0 Å². The van der Waals surface area contributed by atoms with Crippen molar-refractivity contribution in [1.29, 1.82) is 0 Å². The first-order valence-corrected chi connectivity index (χ1v) is 6.52. The van der Waals surface area contributed by atoms with Crippen molar-refractivity contribution in [3.05, 3.63) is 0 Å². The van der Waals surface area contributed by atoms with E-state index in [0.29, 0.717) is 13.0 Å². The smallest absolute Gasteiger partial charge is 0.237 e. The summed E-state index contributed by atoms with van der Waals surface area (Å²) in [5.74, 6) is 0.277. The number of rotatable bonds is 3. The topological polar surface area (TPSA) is 61.4 Å². The van der Waals surface area contributed by atoms with Crippen molar-refractivity contribution in [1.82, 2.24) is 15.5 Å². The van der Waals surface area contributed by atoms with E-state index >= 15 is 0 Å². The van der Waals surface area contributed by atoms with Gasteiger partial charge in [-0.05, 0) is 25.8 Å². The standard InChI is InChI=1S/C12H21N3O2.ClH/c1-2-11(16)15-7-5-9(8-15)14-12(17)10-4-3-6-13-10;/h9-10,13H,2-8H2,1H3,(H,14,17);1H. The highest BCUT2D eigenvalue weighted by atomic mass is 35.5. The lowest BCUT2D eigenvalue weighted by atomic mass is 10.2. The van der Waals surface area contributed by atoms with Gasteiger partial charge in [-0.1, -0.05) is 6.92 Å². The zero-order valence-electron chi connectivity index (χ0n) is 10.8. The van der Waals surface area contributed by atoms with Gasteiger partial charge in [-0.15, -0.1) is 12.4 Å². The SMILES string of the molecule is CCC(=O)N1CCC(NC(=O)C2CCCN2)C1.Cl. The second-order valence-corrected chi connectivity index (χ2v) is 4.84. The molecular weight excluding hydrogens is 254 g/mol. The van der Waals surface area contributed by atoms with Crippen LogP contribution in [0.1, 0.15) is 32.6 Å². The number of nitrogens with one attached hydrogen (secondary N) is 2. The molecule has 2 rings (SSSR count). The Morgan fingerprint density at radius 1 is 1.39 bits per heavy atom. The van der Waals surface area contributed by atoms with Crippen molar-refractivity contribution in [2.24, 2.45) is 0 Å². The van der Waals surface area contributed by atoms with Gasteiger partial charge in [0, 0.05) is 25.6 Å². The van der Waals surface area contributed by atoms with Gasteiger partial charge in [-0.3, -0.25) is 9.59 Å². The van der Waals surface area contributed by atoms with Crippen LogP contribution in [0.2, 0.25) is 0 Å². The highest BCUT2D eigenvalue weighted by molar-refractivity contribution is 5.85. The monoisotopic (exact) mass is 275 g/mol. The summed E-state index contributed by atoms with van der Waals surface area (Å²) in [7, 11) is 0. The lowest BCUT2D eigenvalue weighted by molar-refractivity contribution is -0.130. The molecular formula is C12H22ClN3O2.